The molecule has 0 unspecified atom stereocenters. The third-order valence-electron chi connectivity index (χ3n) is 13.0. The van der Waals surface area contributed by atoms with Gasteiger partial charge in [-0.2, -0.15) is 0 Å². The summed E-state index contributed by atoms with van der Waals surface area (Å²) in [4.78, 5) is 40.0. The number of hydrogen-bond donors (Lipinski definition) is 1. The van der Waals surface area contributed by atoms with Crippen LogP contribution >= 0.6 is 0 Å². The molecule has 0 amide bonds. The number of furan rings is 1. The van der Waals surface area contributed by atoms with Gasteiger partial charge in [-0.3, -0.25) is 9.59 Å². The molecule has 4 saturated heterocycles. The van der Waals surface area contributed by atoms with Crippen LogP contribution in [0.3, 0.4) is 0 Å². The molecule has 5 heterocycles. The summed E-state index contributed by atoms with van der Waals surface area (Å²) in [6, 6.07) is 1.83. The second-order valence-electron chi connectivity index (χ2n) is 14.6. The number of fused-ring (bicyclic) bond motifs is 2. The van der Waals surface area contributed by atoms with Gasteiger partial charge >= 0.3 is 17.9 Å². The van der Waals surface area contributed by atoms with E-state index in [1.807, 2.05) is 26.8 Å². The van der Waals surface area contributed by atoms with Gasteiger partial charge in [0.1, 0.15) is 17.8 Å². The van der Waals surface area contributed by atoms with Gasteiger partial charge in [-0.25, -0.2) is 4.79 Å². The van der Waals surface area contributed by atoms with Crippen LogP contribution < -0.4 is 0 Å². The number of rotatable bonds is 7. The van der Waals surface area contributed by atoms with Gasteiger partial charge in [0, 0.05) is 46.8 Å². The van der Waals surface area contributed by atoms with Gasteiger partial charge in [0.05, 0.1) is 43.5 Å². The molecule has 11 nitrogen and oxygen atoms in total. The third-order valence-corrected chi connectivity index (χ3v) is 13.0. The quantitative estimate of drug-likeness (QED) is 0.201. The van der Waals surface area contributed by atoms with Crippen molar-refractivity contribution in [2.24, 2.45) is 39.9 Å². The molecular formula is C34H44O11. The van der Waals surface area contributed by atoms with Crippen LogP contribution in [0, 0.1) is 39.9 Å². The Kier molecular flexibility index (Phi) is 6.79. The van der Waals surface area contributed by atoms with E-state index in [1.54, 1.807) is 32.4 Å². The minimum Gasteiger partial charge on any atom is -0.472 e. The molecule has 3 aliphatic carbocycles. The molecule has 11 heteroatoms. The first kappa shape index (κ1) is 30.9. The minimum absolute atomic E-state index is 0.0546. The molecule has 45 heavy (non-hydrogen) atoms. The van der Waals surface area contributed by atoms with Crippen LogP contribution in [-0.4, -0.2) is 66.6 Å². The molecule has 1 aromatic rings. The number of methoxy groups -OCH3 is 1. The Morgan fingerprint density at radius 1 is 1.18 bits per heavy atom. The highest BCUT2D eigenvalue weighted by molar-refractivity contribution is 5.87. The lowest BCUT2D eigenvalue weighted by atomic mass is 9.34. The molecule has 1 aromatic heterocycles. The molecule has 246 valence electrons. The van der Waals surface area contributed by atoms with Crippen LogP contribution in [0.1, 0.15) is 78.9 Å². The summed E-state index contributed by atoms with van der Waals surface area (Å²) < 4.78 is 42.7. The number of aliphatic hydroxyl groups is 1. The van der Waals surface area contributed by atoms with Crippen molar-refractivity contribution in [3.05, 3.63) is 35.8 Å². The Hall–Kier alpha value is -2.73. The largest absolute Gasteiger partial charge is 0.472 e. The predicted molar refractivity (Wildman–Crippen MR) is 155 cm³/mol. The van der Waals surface area contributed by atoms with Crippen molar-refractivity contribution in [1.82, 2.24) is 0 Å². The number of allylic oxidation sites excluding steroid dienone is 1. The molecule has 4 aliphatic heterocycles. The molecule has 0 radical (unpaired) electrons. The Bertz CT molecular complexity index is 1440. The Morgan fingerprint density at radius 3 is 2.58 bits per heavy atom. The molecular weight excluding hydrogens is 584 g/mol. The summed E-state index contributed by atoms with van der Waals surface area (Å²) in [6.07, 6.45) is 3.24. The third kappa shape index (κ3) is 3.64. The zero-order chi connectivity index (χ0) is 32.3. The smallest absolute Gasteiger partial charge is 0.333 e. The first-order valence-corrected chi connectivity index (χ1v) is 16.1. The van der Waals surface area contributed by atoms with Gasteiger partial charge < -0.3 is 37.9 Å². The molecule has 4 bridgehead atoms. The van der Waals surface area contributed by atoms with Gasteiger partial charge in [0.25, 0.3) is 0 Å². The van der Waals surface area contributed by atoms with Crippen molar-refractivity contribution in [3.63, 3.8) is 0 Å². The SMILES string of the molecule is C/C=C(\C)C(=O)O[C@@H]1[C@@H]2[C@H]3O[C@]34[C@@H]3CC(=O)O[C@@H](c5ccoc5)[C@]3(C)CC[C@@H]4[C@]3(C)[C@@H](CC(=O)OC)[C@]1(C)[C@H](OCC)O[C@]23O. The zero-order valence-electron chi connectivity index (χ0n) is 27.0. The Labute approximate surface area is 262 Å². The molecule has 13 atom stereocenters. The highest BCUT2D eigenvalue weighted by atomic mass is 16.8. The Morgan fingerprint density at radius 2 is 1.93 bits per heavy atom. The standard InChI is InChI=1S/C34H44O11/c1-8-17(3)28(37)43-26-24-27-33(44-27)19(10-12-30(4)20(33)14-23(36)42-25(30)18-11-13-40-16-18)32(6)21(15-22(35)39-7)31(26,5)29(41-9-2)45-34(24,32)38/h8,11,13,16,19-21,24-27,29,38H,9-10,12,14-15H2,1-7H3/b17-8+/t19-,20-,21+,24-,25+,26-,27-,29-,30-,31+,32-,33-,34-/m1/s1. The van der Waals surface area contributed by atoms with Crippen molar-refractivity contribution in [3.8, 4) is 0 Å². The summed E-state index contributed by atoms with van der Waals surface area (Å²) in [5.74, 6) is -5.15. The van der Waals surface area contributed by atoms with E-state index in [9.17, 15) is 19.5 Å². The van der Waals surface area contributed by atoms with E-state index in [4.69, 9.17) is 32.8 Å². The fourth-order valence-corrected chi connectivity index (χ4v) is 10.8. The van der Waals surface area contributed by atoms with E-state index in [2.05, 4.69) is 6.92 Å². The molecule has 1 spiro atoms. The Balaban J connectivity index is 1.41. The summed E-state index contributed by atoms with van der Waals surface area (Å²) in [6.45, 7) is 11.6. The lowest BCUT2D eigenvalue weighted by Crippen LogP contribution is -2.85. The van der Waals surface area contributed by atoms with E-state index in [1.165, 1.54) is 7.11 Å². The molecule has 7 fully saturated rings. The summed E-state index contributed by atoms with van der Waals surface area (Å²) in [5, 5.41) is 13.0. The van der Waals surface area contributed by atoms with Gasteiger partial charge in [-0.05, 0) is 45.6 Å². The van der Waals surface area contributed by atoms with Crippen LogP contribution in [-0.2, 0) is 42.8 Å². The fourth-order valence-electron chi connectivity index (χ4n) is 10.8. The zero-order valence-corrected chi connectivity index (χ0v) is 27.0. The van der Waals surface area contributed by atoms with Crippen molar-refractivity contribution in [2.45, 2.75) is 103 Å². The summed E-state index contributed by atoms with van der Waals surface area (Å²) >= 11 is 0. The fraction of sp³-hybridized carbons (Fsp3) is 0.735. The lowest BCUT2D eigenvalue weighted by molar-refractivity contribution is -0.498. The minimum atomic E-state index is -1.87. The highest BCUT2D eigenvalue weighted by Crippen LogP contribution is 2.83. The number of carbonyl (C=O) groups is 3. The van der Waals surface area contributed by atoms with Crippen LogP contribution in [0.5, 0.6) is 0 Å². The van der Waals surface area contributed by atoms with Crippen LogP contribution in [0.2, 0.25) is 0 Å². The first-order valence-electron chi connectivity index (χ1n) is 16.1. The molecule has 3 saturated carbocycles. The van der Waals surface area contributed by atoms with E-state index in [-0.39, 0.29) is 37.3 Å². The molecule has 8 rings (SSSR count). The maximum absolute atomic E-state index is 13.5. The number of carbonyl (C=O) groups excluding carboxylic acids is 3. The van der Waals surface area contributed by atoms with Crippen molar-refractivity contribution >= 4 is 17.9 Å². The van der Waals surface area contributed by atoms with Crippen LogP contribution in [0.15, 0.2) is 34.7 Å². The normalized spacial score (nSPS) is 49.2. The molecule has 1 N–H and O–H groups in total. The molecule has 0 aromatic carbocycles. The highest BCUT2D eigenvalue weighted by Gasteiger charge is 2.93. The van der Waals surface area contributed by atoms with E-state index in [0.29, 0.717) is 18.4 Å². The summed E-state index contributed by atoms with van der Waals surface area (Å²) in [7, 11) is 1.34. The average molecular weight is 629 g/mol. The second-order valence-corrected chi connectivity index (χ2v) is 14.6. The van der Waals surface area contributed by atoms with Crippen LogP contribution in [0.4, 0.5) is 0 Å². The van der Waals surface area contributed by atoms with Crippen molar-refractivity contribution < 1.29 is 52.3 Å². The maximum Gasteiger partial charge on any atom is 0.333 e. The lowest BCUT2D eigenvalue weighted by Gasteiger charge is -2.75. The number of esters is 3. The van der Waals surface area contributed by atoms with Gasteiger partial charge in [-0.15, -0.1) is 0 Å². The van der Waals surface area contributed by atoms with Crippen LogP contribution in [0.25, 0.3) is 0 Å². The number of cyclic esters (lactones) is 1. The second kappa shape index (κ2) is 9.89. The van der Waals surface area contributed by atoms with Gasteiger partial charge in [0.15, 0.2) is 12.1 Å². The van der Waals surface area contributed by atoms with E-state index in [0.717, 1.165) is 5.56 Å². The number of epoxide rings is 1. The topological polar surface area (TPSA) is 143 Å². The monoisotopic (exact) mass is 628 g/mol. The summed E-state index contributed by atoms with van der Waals surface area (Å²) in [5.41, 5.74) is -2.27. The van der Waals surface area contributed by atoms with E-state index < -0.39 is 76.0 Å². The molecule has 7 aliphatic rings. The van der Waals surface area contributed by atoms with Crippen molar-refractivity contribution in [2.75, 3.05) is 13.7 Å². The van der Waals surface area contributed by atoms with E-state index >= 15 is 0 Å². The average Bonchev–Trinajstić information content (AvgIpc) is 3.45. The first-order chi connectivity index (χ1) is 21.3. The number of ether oxygens (including phenoxy) is 6. The number of hydrogen-bond acceptors (Lipinski definition) is 11. The van der Waals surface area contributed by atoms with Gasteiger partial charge in [0.2, 0.25) is 0 Å². The predicted octanol–water partition coefficient (Wildman–Crippen LogP) is 4.23. The van der Waals surface area contributed by atoms with Crippen molar-refractivity contribution in [1.29, 1.82) is 0 Å². The maximum atomic E-state index is 13.5. The van der Waals surface area contributed by atoms with Gasteiger partial charge in [-0.1, -0.05) is 26.8 Å².